The lowest BCUT2D eigenvalue weighted by Crippen LogP contribution is -2.30. The third kappa shape index (κ3) is 3.69. The zero-order valence-corrected chi connectivity index (χ0v) is 15.6. The summed E-state index contributed by atoms with van der Waals surface area (Å²) in [4.78, 5) is 14.2. The second-order valence-electron chi connectivity index (χ2n) is 7.05. The van der Waals surface area contributed by atoms with E-state index in [1.54, 1.807) is 11.9 Å². The molecule has 0 bridgehead atoms. The SMILES string of the molecule is Cc1ccc(CN(C)C(=O)Nc2cccc(-c3nnc4n3CCC4)c2)cc1. The molecule has 138 valence electrons. The van der Waals surface area contributed by atoms with Gasteiger partial charge in [-0.15, -0.1) is 10.2 Å². The van der Waals surface area contributed by atoms with E-state index < -0.39 is 0 Å². The number of hydrogen-bond donors (Lipinski definition) is 1. The highest BCUT2D eigenvalue weighted by Crippen LogP contribution is 2.25. The first-order chi connectivity index (χ1) is 13.1. The van der Waals surface area contributed by atoms with Crippen molar-refractivity contribution in [1.82, 2.24) is 19.7 Å². The van der Waals surface area contributed by atoms with Crippen LogP contribution in [0.3, 0.4) is 0 Å². The molecule has 0 fully saturated rings. The molecule has 3 aromatic rings. The van der Waals surface area contributed by atoms with Crippen LogP contribution in [0.2, 0.25) is 0 Å². The van der Waals surface area contributed by atoms with Crippen LogP contribution in [-0.4, -0.2) is 32.7 Å². The van der Waals surface area contributed by atoms with Gasteiger partial charge in [0, 0.05) is 37.8 Å². The van der Waals surface area contributed by atoms with E-state index in [1.807, 2.05) is 36.4 Å². The number of carbonyl (C=O) groups is 1. The monoisotopic (exact) mass is 361 g/mol. The highest BCUT2D eigenvalue weighted by atomic mass is 16.2. The van der Waals surface area contributed by atoms with Gasteiger partial charge in [0.1, 0.15) is 5.82 Å². The van der Waals surface area contributed by atoms with E-state index in [9.17, 15) is 4.79 Å². The highest BCUT2D eigenvalue weighted by Gasteiger charge is 2.18. The summed E-state index contributed by atoms with van der Waals surface area (Å²) in [5.41, 5.74) is 4.03. The van der Waals surface area contributed by atoms with E-state index in [-0.39, 0.29) is 6.03 Å². The van der Waals surface area contributed by atoms with E-state index >= 15 is 0 Å². The molecule has 0 spiro atoms. The van der Waals surface area contributed by atoms with Crippen molar-refractivity contribution < 1.29 is 4.79 Å². The molecule has 0 aliphatic carbocycles. The van der Waals surface area contributed by atoms with E-state index in [4.69, 9.17) is 0 Å². The average molecular weight is 361 g/mol. The van der Waals surface area contributed by atoms with Crippen LogP contribution in [0.5, 0.6) is 0 Å². The van der Waals surface area contributed by atoms with Crippen molar-refractivity contribution in [3.63, 3.8) is 0 Å². The third-order valence-corrected chi connectivity index (χ3v) is 4.87. The Morgan fingerprint density at radius 1 is 1.19 bits per heavy atom. The second-order valence-corrected chi connectivity index (χ2v) is 7.05. The number of fused-ring (bicyclic) bond motifs is 1. The molecule has 6 heteroatoms. The van der Waals surface area contributed by atoms with Gasteiger partial charge in [-0.05, 0) is 31.0 Å². The van der Waals surface area contributed by atoms with E-state index in [0.29, 0.717) is 6.54 Å². The topological polar surface area (TPSA) is 63.1 Å². The first-order valence-corrected chi connectivity index (χ1v) is 9.20. The minimum atomic E-state index is -0.140. The van der Waals surface area contributed by atoms with Crippen LogP contribution < -0.4 is 5.32 Å². The highest BCUT2D eigenvalue weighted by molar-refractivity contribution is 5.89. The number of nitrogens with zero attached hydrogens (tertiary/aromatic N) is 4. The number of benzene rings is 2. The molecule has 2 aromatic carbocycles. The van der Waals surface area contributed by atoms with Gasteiger partial charge in [-0.1, -0.05) is 42.0 Å². The van der Waals surface area contributed by atoms with Crippen molar-refractivity contribution in [1.29, 1.82) is 0 Å². The number of nitrogens with one attached hydrogen (secondary N) is 1. The van der Waals surface area contributed by atoms with Gasteiger partial charge in [0.2, 0.25) is 0 Å². The molecule has 1 N–H and O–H groups in total. The molecule has 0 saturated heterocycles. The molecule has 0 atom stereocenters. The van der Waals surface area contributed by atoms with Crippen molar-refractivity contribution in [3.05, 3.63) is 65.5 Å². The lowest BCUT2D eigenvalue weighted by atomic mass is 10.1. The molecule has 0 unspecified atom stereocenters. The molecule has 6 nitrogen and oxygen atoms in total. The Morgan fingerprint density at radius 2 is 2.00 bits per heavy atom. The molecule has 1 aromatic heterocycles. The quantitative estimate of drug-likeness (QED) is 0.767. The van der Waals surface area contributed by atoms with E-state index in [0.717, 1.165) is 47.8 Å². The Labute approximate surface area is 158 Å². The summed E-state index contributed by atoms with van der Waals surface area (Å²) in [6.07, 6.45) is 2.09. The predicted molar refractivity (Wildman–Crippen MR) is 105 cm³/mol. The molecule has 2 heterocycles. The smallest absolute Gasteiger partial charge is 0.321 e. The van der Waals surface area contributed by atoms with Gasteiger partial charge in [-0.3, -0.25) is 0 Å². The number of carbonyl (C=O) groups excluding carboxylic acids is 1. The number of urea groups is 1. The first-order valence-electron chi connectivity index (χ1n) is 9.20. The summed E-state index contributed by atoms with van der Waals surface area (Å²) in [5, 5.41) is 11.6. The maximum absolute atomic E-state index is 12.6. The molecule has 27 heavy (non-hydrogen) atoms. The number of amides is 2. The van der Waals surface area contributed by atoms with Crippen LogP contribution in [0.15, 0.2) is 48.5 Å². The van der Waals surface area contributed by atoms with Crippen molar-refractivity contribution in [2.75, 3.05) is 12.4 Å². The van der Waals surface area contributed by atoms with Crippen molar-refractivity contribution >= 4 is 11.7 Å². The molecule has 4 rings (SSSR count). The van der Waals surface area contributed by atoms with Gasteiger partial charge in [0.25, 0.3) is 0 Å². The third-order valence-electron chi connectivity index (χ3n) is 4.87. The Kier molecular flexibility index (Phi) is 4.62. The van der Waals surface area contributed by atoms with Gasteiger partial charge in [0.15, 0.2) is 5.82 Å². The minimum absolute atomic E-state index is 0.140. The van der Waals surface area contributed by atoms with Gasteiger partial charge in [0.05, 0.1) is 0 Å². The van der Waals surface area contributed by atoms with Crippen LogP contribution in [0.4, 0.5) is 10.5 Å². The zero-order valence-electron chi connectivity index (χ0n) is 15.6. The zero-order chi connectivity index (χ0) is 18.8. The van der Waals surface area contributed by atoms with Crippen molar-refractivity contribution in [2.45, 2.75) is 32.9 Å². The number of hydrogen-bond acceptors (Lipinski definition) is 3. The van der Waals surface area contributed by atoms with Crippen molar-refractivity contribution in [2.24, 2.45) is 0 Å². The fourth-order valence-electron chi connectivity index (χ4n) is 3.36. The fraction of sp³-hybridized carbons (Fsp3) is 0.286. The number of anilines is 1. The summed E-state index contributed by atoms with van der Waals surface area (Å²) >= 11 is 0. The maximum atomic E-state index is 12.6. The summed E-state index contributed by atoms with van der Waals surface area (Å²) in [6.45, 7) is 3.56. The van der Waals surface area contributed by atoms with E-state index in [2.05, 4.69) is 39.1 Å². The van der Waals surface area contributed by atoms with Crippen LogP contribution in [-0.2, 0) is 19.5 Å². The first kappa shape index (κ1) is 17.3. The Hall–Kier alpha value is -3.15. The lowest BCUT2D eigenvalue weighted by molar-refractivity contribution is 0.220. The molecule has 2 amide bonds. The lowest BCUT2D eigenvalue weighted by Gasteiger charge is -2.18. The minimum Gasteiger partial charge on any atom is -0.323 e. The van der Waals surface area contributed by atoms with Gasteiger partial charge in [-0.2, -0.15) is 0 Å². The second kappa shape index (κ2) is 7.23. The molecular weight excluding hydrogens is 338 g/mol. The Morgan fingerprint density at radius 3 is 2.81 bits per heavy atom. The number of aryl methyl sites for hydroxylation is 2. The molecule has 1 aliphatic rings. The van der Waals surface area contributed by atoms with Crippen LogP contribution in [0.1, 0.15) is 23.4 Å². The standard InChI is InChI=1S/C21H23N5O/c1-15-8-10-16(11-9-15)14-25(2)21(27)22-18-6-3-5-17(13-18)20-24-23-19-7-4-12-26(19)20/h3,5-6,8-11,13H,4,7,12,14H2,1-2H3,(H,22,27). The average Bonchev–Trinajstić information content (AvgIpc) is 3.27. The van der Waals surface area contributed by atoms with Gasteiger partial charge < -0.3 is 14.8 Å². The van der Waals surface area contributed by atoms with Gasteiger partial charge >= 0.3 is 6.03 Å². The van der Waals surface area contributed by atoms with Crippen LogP contribution in [0, 0.1) is 6.92 Å². The predicted octanol–water partition coefficient (Wildman–Crippen LogP) is 3.86. The maximum Gasteiger partial charge on any atom is 0.321 e. The fourth-order valence-corrected chi connectivity index (χ4v) is 3.36. The Bertz CT molecular complexity index is 961. The van der Waals surface area contributed by atoms with Crippen LogP contribution in [0.25, 0.3) is 11.4 Å². The normalized spacial score (nSPS) is 12.7. The molecular formula is C21H23N5O. The largest absolute Gasteiger partial charge is 0.323 e. The Balaban J connectivity index is 1.46. The summed E-state index contributed by atoms with van der Waals surface area (Å²) in [5.74, 6) is 1.91. The molecule has 1 aliphatic heterocycles. The summed E-state index contributed by atoms with van der Waals surface area (Å²) in [7, 11) is 1.80. The summed E-state index contributed by atoms with van der Waals surface area (Å²) in [6, 6.07) is 15.8. The van der Waals surface area contributed by atoms with Gasteiger partial charge in [-0.25, -0.2) is 4.79 Å². The summed E-state index contributed by atoms with van der Waals surface area (Å²) < 4.78 is 2.16. The number of rotatable bonds is 4. The molecule has 0 saturated carbocycles. The number of aromatic nitrogens is 3. The van der Waals surface area contributed by atoms with Crippen LogP contribution >= 0.6 is 0 Å². The van der Waals surface area contributed by atoms with Crippen molar-refractivity contribution in [3.8, 4) is 11.4 Å². The molecule has 0 radical (unpaired) electrons. The van der Waals surface area contributed by atoms with E-state index in [1.165, 1.54) is 5.56 Å².